The second-order valence-electron chi connectivity index (χ2n) is 6.32. The normalized spacial score (nSPS) is 21.3. The molecule has 2 aromatic rings. The van der Waals surface area contributed by atoms with Gasteiger partial charge in [0.25, 0.3) is 0 Å². The van der Waals surface area contributed by atoms with Crippen molar-refractivity contribution in [3.8, 4) is 5.75 Å². The summed E-state index contributed by atoms with van der Waals surface area (Å²) in [7, 11) is 0. The summed E-state index contributed by atoms with van der Waals surface area (Å²) in [6, 6.07) is 19.4. The molecule has 0 spiro atoms. The Morgan fingerprint density at radius 2 is 1.73 bits per heavy atom. The summed E-state index contributed by atoms with van der Waals surface area (Å²) in [4.78, 5) is 0. The average Bonchev–Trinajstić information content (AvgIpc) is 2.58. The quantitative estimate of drug-likeness (QED) is 0.711. The summed E-state index contributed by atoms with van der Waals surface area (Å²) in [5, 5.41) is 0. The van der Waals surface area contributed by atoms with Crippen molar-refractivity contribution in [3.63, 3.8) is 0 Å². The van der Waals surface area contributed by atoms with Gasteiger partial charge < -0.3 is 4.74 Å². The maximum absolute atomic E-state index is 5.52. The van der Waals surface area contributed by atoms with Gasteiger partial charge in [0.05, 0.1) is 6.61 Å². The molecule has 1 heteroatoms. The number of allylic oxidation sites excluding steroid dienone is 2. The largest absolute Gasteiger partial charge is 0.494 e. The fraction of sp³-hybridized carbons (Fsp3) is 0.333. The lowest BCUT2D eigenvalue weighted by atomic mass is 9.71. The summed E-state index contributed by atoms with van der Waals surface area (Å²) < 4.78 is 5.52. The van der Waals surface area contributed by atoms with Crippen LogP contribution >= 0.6 is 0 Å². The zero-order chi connectivity index (χ0) is 15.4. The van der Waals surface area contributed by atoms with E-state index in [-0.39, 0.29) is 5.41 Å². The molecule has 0 aliphatic heterocycles. The molecule has 2 aromatic carbocycles. The zero-order valence-electron chi connectivity index (χ0n) is 13.5. The first kappa shape index (κ1) is 14.9. The van der Waals surface area contributed by atoms with Gasteiger partial charge >= 0.3 is 0 Å². The van der Waals surface area contributed by atoms with E-state index in [9.17, 15) is 0 Å². The van der Waals surface area contributed by atoms with Crippen LogP contribution in [0.15, 0.2) is 60.7 Å². The summed E-state index contributed by atoms with van der Waals surface area (Å²) in [5.74, 6) is 0.955. The number of hydrogen-bond donors (Lipinski definition) is 0. The Hall–Kier alpha value is -2.02. The molecule has 1 aliphatic rings. The summed E-state index contributed by atoms with van der Waals surface area (Å²) in [5.41, 5.74) is 4.53. The van der Waals surface area contributed by atoms with Gasteiger partial charge in [-0.05, 0) is 60.4 Å². The van der Waals surface area contributed by atoms with Crippen LogP contribution in [0.2, 0.25) is 0 Å². The molecule has 0 saturated carbocycles. The average molecular weight is 292 g/mol. The lowest BCUT2D eigenvalue weighted by Gasteiger charge is -2.33. The van der Waals surface area contributed by atoms with E-state index in [1.54, 1.807) is 0 Å². The first-order chi connectivity index (χ1) is 10.7. The topological polar surface area (TPSA) is 9.23 Å². The van der Waals surface area contributed by atoms with Crippen molar-refractivity contribution in [3.05, 3.63) is 71.8 Å². The van der Waals surface area contributed by atoms with Gasteiger partial charge in [-0.1, -0.05) is 55.5 Å². The molecule has 3 rings (SSSR count). The minimum absolute atomic E-state index is 0.274. The lowest BCUT2D eigenvalue weighted by Crippen LogP contribution is -2.23. The molecular weight excluding hydrogens is 268 g/mol. The number of benzene rings is 2. The van der Waals surface area contributed by atoms with Crippen LogP contribution in [0.1, 0.15) is 44.2 Å². The third kappa shape index (κ3) is 3.09. The van der Waals surface area contributed by atoms with Gasteiger partial charge in [-0.25, -0.2) is 0 Å². The van der Waals surface area contributed by atoms with Gasteiger partial charge in [-0.3, -0.25) is 0 Å². The minimum Gasteiger partial charge on any atom is -0.494 e. The summed E-state index contributed by atoms with van der Waals surface area (Å²) in [6.07, 6.45) is 5.88. The monoisotopic (exact) mass is 292 g/mol. The Morgan fingerprint density at radius 1 is 1.00 bits per heavy atom. The highest BCUT2D eigenvalue weighted by atomic mass is 16.5. The Labute approximate surface area is 133 Å². The zero-order valence-corrected chi connectivity index (χ0v) is 13.5. The third-order valence-electron chi connectivity index (χ3n) is 4.75. The fourth-order valence-corrected chi connectivity index (χ4v) is 3.26. The summed E-state index contributed by atoms with van der Waals surface area (Å²) >= 11 is 0. The molecule has 22 heavy (non-hydrogen) atoms. The van der Waals surface area contributed by atoms with Crippen LogP contribution in [0.25, 0.3) is 5.57 Å². The predicted octanol–water partition coefficient (Wildman–Crippen LogP) is 5.61. The molecule has 1 unspecified atom stereocenters. The molecule has 0 fully saturated rings. The van der Waals surface area contributed by atoms with Crippen LogP contribution in [0, 0.1) is 0 Å². The highest BCUT2D eigenvalue weighted by molar-refractivity contribution is 5.67. The molecule has 1 atom stereocenters. The van der Waals surface area contributed by atoms with Crippen molar-refractivity contribution in [1.82, 2.24) is 0 Å². The molecular formula is C21H24O. The molecule has 0 amide bonds. The van der Waals surface area contributed by atoms with Crippen LogP contribution in [0.5, 0.6) is 5.75 Å². The summed E-state index contributed by atoms with van der Waals surface area (Å²) in [6.45, 7) is 5.12. The van der Waals surface area contributed by atoms with Crippen molar-refractivity contribution in [2.45, 2.75) is 38.5 Å². The van der Waals surface area contributed by atoms with E-state index in [4.69, 9.17) is 4.74 Å². The second-order valence-corrected chi connectivity index (χ2v) is 6.32. The molecule has 114 valence electrons. The lowest BCUT2D eigenvalue weighted by molar-refractivity contribution is 0.340. The molecule has 0 aromatic heterocycles. The van der Waals surface area contributed by atoms with Crippen molar-refractivity contribution >= 4 is 5.57 Å². The van der Waals surface area contributed by atoms with Crippen LogP contribution in [0.4, 0.5) is 0 Å². The molecule has 0 saturated heterocycles. The van der Waals surface area contributed by atoms with Crippen molar-refractivity contribution in [2.24, 2.45) is 0 Å². The van der Waals surface area contributed by atoms with Crippen molar-refractivity contribution in [1.29, 1.82) is 0 Å². The van der Waals surface area contributed by atoms with Crippen LogP contribution in [0.3, 0.4) is 0 Å². The van der Waals surface area contributed by atoms with E-state index in [2.05, 4.69) is 67.6 Å². The molecule has 1 aliphatic carbocycles. The Balaban J connectivity index is 1.76. The predicted molar refractivity (Wildman–Crippen MR) is 93.2 cm³/mol. The fourth-order valence-electron chi connectivity index (χ4n) is 3.26. The molecule has 0 radical (unpaired) electrons. The number of ether oxygens (including phenoxy) is 1. The Kier molecular flexibility index (Phi) is 4.33. The number of hydrogen-bond acceptors (Lipinski definition) is 1. The minimum atomic E-state index is 0.274. The van der Waals surface area contributed by atoms with E-state index in [1.807, 2.05) is 6.92 Å². The maximum Gasteiger partial charge on any atom is 0.119 e. The smallest absolute Gasteiger partial charge is 0.119 e. The molecule has 0 heterocycles. The van der Waals surface area contributed by atoms with E-state index >= 15 is 0 Å². The molecule has 0 N–H and O–H groups in total. The van der Waals surface area contributed by atoms with Gasteiger partial charge in [0, 0.05) is 0 Å². The highest BCUT2D eigenvalue weighted by Crippen LogP contribution is 2.40. The Bertz CT molecular complexity index is 639. The van der Waals surface area contributed by atoms with Crippen LogP contribution in [-0.4, -0.2) is 6.61 Å². The first-order valence-electron chi connectivity index (χ1n) is 8.19. The van der Waals surface area contributed by atoms with E-state index in [0.29, 0.717) is 0 Å². The van der Waals surface area contributed by atoms with E-state index in [0.717, 1.165) is 25.2 Å². The van der Waals surface area contributed by atoms with Crippen molar-refractivity contribution < 1.29 is 4.74 Å². The van der Waals surface area contributed by atoms with Gasteiger partial charge in [-0.2, -0.15) is 0 Å². The first-order valence-corrected chi connectivity index (χ1v) is 8.19. The van der Waals surface area contributed by atoms with Gasteiger partial charge in [-0.15, -0.1) is 0 Å². The van der Waals surface area contributed by atoms with E-state index < -0.39 is 0 Å². The second kappa shape index (κ2) is 6.39. The molecule has 1 nitrogen and oxygen atoms in total. The third-order valence-corrected chi connectivity index (χ3v) is 4.75. The maximum atomic E-state index is 5.52. The SMILES string of the molecule is CCOc1ccc(C2=CCC(C)(c3ccccc3)CC2)cc1. The number of rotatable bonds is 4. The van der Waals surface area contributed by atoms with Gasteiger partial charge in [0.2, 0.25) is 0 Å². The highest BCUT2D eigenvalue weighted by Gasteiger charge is 2.28. The van der Waals surface area contributed by atoms with Crippen LogP contribution in [-0.2, 0) is 5.41 Å². The van der Waals surface area contributed by atoms with Gasteiger partial charge in [0.15, 0.2) is 0 Å². The molecule has 0 bridgehead atoms. The Morgan fingerprint density at radius 3 is 2.32 bits per heavy atom. The standard InChI is InChI=1S/C21H24O/c1-3-22-20-11-9-17(10-12-20)18-13-15-21(2,16-14-18)19-7-5-4-6-8-19/h4-13H,3,14-16H2,1-2H3. The van der Waals surface area contributed by atoms with Crippen molar-refractivity contribution in [2.75, 3.05) is 6.61 Å². The van der Waals surface area contributed by atoms with Crippen LogP contribution < -0.4 is 4.74 Å². The van der Waals surface area contributed by atoms with Gasteiger partial charge in [0.1, 0.15) is 5.75 Å². The van der Waals surface area contributed by atoms with E-state index in [1.165, 1.54) is 23.1 Å².